The first-order valence-electron chi connectivity index (χ1n) is 4.93. The molecule has 92 valence electrons. The Labute approximate surface area is 98.4 Å². The zero-order valence-electron chi connectivity index (χ0n) is 9.34. The Morgan fingerprint density at radius 2 is 2.24 bits per heavy atom. The Kier molecular flexibility index (Phi) is 4.47. The first kappa shape index (κ1) is 13.0. The Morgan fingerprint density at radius 3 is 2.76 bits per heavy atom. The van der Waals surface area contributed by atoms with Crippen molar-refractivity contribution in [1.82, 2.24) is 5.32 Å². The molecule has 1 atom stereocenters. The number of carbonyl (C=O) groups is 2. The molecular formula is C11H14N2O4. The second-order valence-electron chi connectivity index (χ2n) is 3.36. The van der Waals surface area contributed by atoms with Gasteiger partial charge in [-0.05, 0) is 18.2 Å². The molecule has 0 saturated heterocycles. The number of esters is 1. The number of carbonyl (C=O) groups excluding carboxylic acids is 2. The maximum atomic E-state index is 11.7. The summed E-state index contributed by atoms with van der Waals surface area (Å²) in [5.74, 6) is -1.20. The van der Waals surface area contributed by atoms with E-state index in [9.17, 15) is 9.59 Å². The molecule has 0 radical (unpaired) electrons. The first-order chi connectivity index (χ1) is 8.08. The molecule has 0 aliphatic rings. The molecule has 6 nitrogen and oxygen atoms in total. The van der Waals surface area contributed by atoms with Gasteiger partial charge >= 0.3 is 5.97 Å². The van der Waals surface area contributed by atoms with Gasteiger partial charge in [0.05, 0.1) is 13.7 Å². The lowest BCUT2D eigenvalue weighted by molar-refractivity contribution is -0.143. The van der Waals surface area contributed by atoms with Gasteiger partial charge in [-0.15, -0.1) is 0 Å². The predicted molar refractivity (Wildman–Crippen MR) is 61.2 cm³/mol. The van der Waals surface area contributed by atoms with E-state index in [1.165, 1.54) is 13.2 Å². The molecule has 0 fully saturated rings. The number of nitrogens with one attached hydrogen (secondary N) is 1. The van der Waals surface area contributed by atoms with E-state index < -0.39 is 24.5 Å². The fourth-order valence-electron chi connectivity index (χ4n) is 1.24. The minimum absolute atomic E-state index is 0.312. The molecule has 1 aromatic rings. The molecule has 6 heteroatoms. The van der Waals surface area contributed by atoms with Crippen molar-refractivity contribution in [2.24, 2.45) is 0 Å². The van der Waals surface area contributed by atoms with Crippen LogP contribution in [0, 0.1) is 0 Å². The highest BCUT2D eigenvalue weighted by atomic mass is 16.5. The molecule has 4 N–H and O–H groups in total. The van der Waals surface area contributed by atoms with Gasteiger partial charge in [-0.3, -0.25) is 4.79 Å². The van der Waals surface area contributed by atoms with Gasteiger partial charge in [0.15, 0.2) is 6.04 Å². The smallest absolute Gasteiger partial charge is 0.330 e. The number of hydrogen-bond acceptors (Lipinski definition) is 5. The number of hydrogen-bond donors (Lipinski definition) is 3. The molecule has 0 heterocycles. The van der Waals surface area contributed by atoms with Crippen LogP contribution in [0.3, 0.4) is 0 Å². The van der Waals surface area contributed by atoms with Crippen LogP contribution >= 0.6 is 0 Å². The van der Waals surface area contributed by atoms with E-state index in [0.717, 1.165) is 0 Å². The molecule has 1 rings (SSSR count). The van der Waals surface area contributed by atoms with Crippen molar-refractivity contribution < 1.29 is 19.4 Å². The van der Waals surface area contributed by atoms with Crippen LogP contribution in [0.2, 0.25) is 0 Å². The van der Waals surface area contributed by atoms with E-state index in [2.05, 4.69) is 10.1 Å². The van der Waals surface area contributed by atoms with Crippen LogP contribution in [0.1, 0.15) is 10.4 Å². The van der Waals surface area contributed by atoms with Gasteiger partial charge < -0.3 is 20.9 Å². The zero-order chi connectivity index (χ0) is 12.8. The highest BCUT2D eigenvalue weighted by molar-refractivity contribution is 5.97. The Bertz CT molecular complexity index is 420. The molecule has 0 spiro atoms. The van der Waals surface area contributed by atoms with Crippen LogP contribution in [0.4, 0.5) is 5.69 Å². The molecular weight excluding hydrogens is 224 g/mol. The average Bonchev–Trinajstić information content (AvgIpc) is 2.34. The molecule has 1 amide bonds. The van der Waals surface area contributed by atoms with Crippen molar-refractivity contribution in [1.29, 1.82) is 0 Å². The third-order valence-corrected chi connectivity index (χ3v) is 2.12. The number of benzene rings is 1. The summed E-state index contributed by atoms with van der Waals surface area (Å²) in [6.45, 7) is -0.527. The Hall–Kier alpha value is -2.08. The summed E-state index contributed by atoms with van der Waals surface area (Å²) >= 11 is 0. The van der Waals surface area contributed by atoms with Crippen molar-refractivity contribution in [3.63, 3.8) is 0 Å². The SMILES string of the molecule is COC(=O)C(CO)NC(=O)c1cccc(N)c1. The maximum absolute atomic E-state index is 11.7. The summed E-state index contributed by atoms with van der Waals surface area (Å²) < 4.78 is 4.43. The second-order valence-corrected chi connectivity index (χ2v) is 3.36. The van der Waals surface area contributed by atoms with Crippen LogP contribution in [-0.4, -0.2) is 36.7 Å². The van der Waals surface area contributed by atoms with E-state index >= 15 is 0 Å². The van der Waals surface area contributed by atoms with Gasteiger partial charge in [0.25, 0.3) is 5.91 Å². The van der Waals surface area contributed by atoms with Gasteiger partial charge in [-0.25, -0.2) is 4.79 Å². The van der Waals surface area contributed by atoms with E-state index in [-0.39, 0.29) is 0 Å². The molecule has 1 aromatic carbocycles. The zero-order valence-corrected chi connectivity index (χ0v) is 9.34. The number of nitrogens with two attached hydrogens (primary N) is 1. The van der Waals surface area contributed by atoms with Crippen molar-refractivity contribution >= 4 is 17.6 Å². The monoisotopic (exact) mass is 238 g/mol. The van der Waals surface area contributed by atoms with Gasteiger partial charge in [-0.1, -0.05) is 6.07 Å². The van der Waals surface area contributed by atoms with Crippen LogP contribution in [0.15, 0.2) is 24.3 Å². The molecule has 0 bridgehead atoms. The van der Waals surface area contributed by atoms with Crippen molar-refractivity contribution in [3.8, 4) is 0 Å². The quantitative estimate of drug-likeness (QED) is 0.486. The fourth-order valence-corrected chi connectivity index (χ4v) is 1.24. The van der Waals surface area contributed by atoms with E-state index in [1.807, 2.05) is 0 Å². The standard InChI is InChI=1S/C11H14N2O4/c1-17-11(16)9(6-14)13-10(15)7-3-2-4-8(12)5-7/h2-5,9,14H,6,12H2,1H3,(H,13,15). The molecule has 1 unspecified atom stereocenters. The Balaban J connectivity index is 2.74. The lowest BCUT2D eigenvalue weighted by atomic mass is 10.2. The third-order valence-electron chi connectivity index (χ3n) is 2.12. The number of amides is 1. The number of methoxy groups -OCH3 is 1. The molecule has 0 saturated carbocycles. The van der Waals surface area contributed by atoms with Crippen molar-refractivity contribution in [2.75, 3.05) is 19.5 Å². The number of aliphatic hydroxyl groups excluding tert-OH is 1. The van der Waals surface area contributed by atoms with Crippen LogP contribution < -0.4 is 11.1 Å². The van der Waals surface area contributed by atoms with E-state index in [1.54, 1.807) is 18.2 Å². The number of ether oxygens (including phenoxy) is 1. The van der Waals surface area contributed by atoms with E-state index in [0.29, 0.717) is 11.3 Å². The summed E-state index contributed by atoms with van der Waals surface area (Å²) in [5.41, 5.74) is 6.28. The summed E-state index contributed by atoms with van der Waals surface area (Å²) in [6, 6.07) is 5.21. The summed E-state index contributed by atoms with van der Waals surface area (Å²) in [5, 5.41) is 11.3. The highest BCUT2D eigenvalue weighted by Gasteiger charge is 2.20. The van der Waals surface area contributed by atoms with E-state index in [4.69, 9.17) is 10.8 Å². The normalized spacial score (nSPS) is 11.6. The summed E-state index contributed by atoms with van der Waals surface area (Å²) in [7, 11) is 1.18. The van der Waals surface area contributed by atoms with Gasteiger partial charge in [0.1, 0.15) is 0 Å². The van der Waals surface area contributed by atoms with Crippen LogP contribution in [0.5, 0.6) is 0 Å². The largest absolute Gasteiger partial charge is 0.467 e. The van der Waals surface area contributed by atoms with Crippen molar-refractivity contribution in [2.45, 2.75) is 6.04 Å². The minimum atomic E-state index is -1.08. The molecule has 0 aliphatic heterocycles. The summed E-state index contributed by atoms with van der Waals surface area (Å²) in [6.07, 6.45) is 0. The number of rotatable bonds is 4. The molecule has 0 aliphatic carbocycles. The highest BCUT2D eigenvalue weighted by Crippen LogP contribution is 2.06. The van der Waals surface area contributed by atoms with Crippen molar-refractivity contribution in [3.05, 3.63) is 29.8 Å². The molecule has 0 aromatic heterocycles. The third kappa shape index (κ3) is 3.46. The topological polar surface area (TPSA) is 102 Å². The van der Waals surface area contributed by atoms with Gasteiger partial charge in [0.2, 0.25) is 0 Å². The number of aliphatic hydroxyl groups is 1. The lowest BCUT2D eigenvalue weighted by Crippen LogP contribution is -2.44. The number of nitrogen functional groups attached to an aromatic ring is 1. The summed E-state index contributed by atoms with van der Waals surface area (Å²) in [4.78, 5) is 22.9. The van der Waals surface area contributed by atoms with Gasteiger partial charge in [-0.2, -0.15) is 0 Å². The molecule has 17 heavy (non-hydrogen) atoms. The first-order valence-corrected chi connectivity index (χ1v) is 4.93. The minimum Gasteiger partial charge on any atom is -0.467 e. The average molecular weight is 238 g/mol. The fraction of sp³-hybridized carbons (Fsp3) is 0.273. The van der Waals surface area contributed by atoms with Crippen LogP contribution in [-0.2, 0) is 9.53 Å². The lowest BCUT2D eigenvalue weighted by Gasteiger charge is -2.13. The van der Waals surface area contributed by atoms with Gasteiger partial charge in [0, 0.05) is 11.3 Å². The van der Waals surface area contributed by atoms with Crippen LogP contribution in [0.25, 0.3) is 0 Å². The number of anilines is 1. The second kappa shape index (κ2) is 5.86. The predicted octanol–water partition coefficient (Wildman–Crippen LogP) is -0.468. The Morgan fingerprint density at radius 1 is 1.53 bits per heavy atom. The maximum Gasteiger partial charge on any atom is 0.330 e.